The maximum Gasteiger partial charge on any atom is 0.291 e. The molecule has 7 rings (SSSR count). The fourth-order valence-corrected chi connectivity index (χ4v) is 7.32. The van der Waals surface area contributed by atoms with E-state index in [1.807, 2.05) is 24.3 Å². The Labute approximate surface area is 315 Å². The van der Waals surface area contributed by atoms with Crippen LogP contribution in [0.5, 0.6) is 5.75 Å². The number of nitrogens with one attached hydrogen (secondary N) is 3. The minimum Gasteiger partial charge on any atom is -0.496 e. The zero-order valence-corrected chi connectivity index (χ0v) is 30.8. The lowest BCUT2D eigenvalue weighted by molar-refractivity contribution is -0.131. The number of benzene rings is 2. The van der Waals surface area contributed by atoms with Crippen molar-refractivity contribution in [2.45, 2.75) is 51.7 Å². The SMILES string of the molecule is COc1cc(-c2nccc(-c3cccc(NC(=O)c4nc5c(n4C)CCN(C(=O)Cc4noc(C)n4)C5)c3Cl)c2Cl)ccc1CNCC1CCC(=O)N1. The molecule has 3 N–H and O–H groups in total. The van der Waals surface area contributed by atoms with E-state index in [0.29, 0.717) is 88.2 Å². The largest absolute Gasteiger partial charge is 0.496 e. The van der Waals surface area contributed by atoms with Gasteiger partial charge in [0.1, 0.15) is 5.75 Å². The summed E-state index contributed by atoms with van der Waals surface area (Å²) in [5, 5.41) is 13.8. The van der Waals surface area contributed by atoms with E-state index in [1.54, 1.807) is 54.9 Å². The predicted molar refractivity (Wildman–Crippen MR) is 198 cm³/mol. The van der Waals surface area contributed by atoms with E-state index in [0.717, 1.165) is 23.2 Å². The second-order valence-corrected chi connectivity index (χ2v) is 13.7. The Morgan fingerprint density at radius 1 is 1.09 bits per heavy atom. The normalized spacial score (nSPS) is 15.3. The number of anilines is 1. The monoisotopic (exact) mass is 757 g/mol. The summed E-state index contributed by atoms with van der Waals surface area (Å²) in [5.74, 6) is 1.09. The van der Waals surface area contributed by atoms with E-state index < -0.39 is 5.91 Å². The number of hydrogen-bond donors (Lipinski definition) is 3. The van der Waals surface area contributed by atoms with E-state index in [-0.39, 0.29) is 36.6 Å². The summed E-state index contributed by atoms with van der Waals surface area (Å²) in [4.78, 5) is 53.1. The summed E-state index contributed by atoms with van der Waals surface area (Å²) in [7, 11) is 3.40. The quantitative estimate of drug-likeness (QED) is 0.168. The Hall–Kier alpha value is -5.31. The van der Waals surface area contributed by atoms with Crippen molar-refractivity contribution < 1.29 is 23.6 Å². The Bertz CT molecular complexity index is 2220. The topological polar surface area (TPSA) is 169 Å². The average molecular weight is 759 g/mol. The third-order valence-electron chi connectivity index (χ3n) is 9.47. The van der Waals surface area contributed by atoms with Crippen LogP contribution in [0.4, 0.5) is 5.69 Å². The molecule has 1 fully saturated rings. The van der Waals surface area contributed by atoms with Gasteiger partial charge in [-0.3, -0.25) is 19.4 Å². The van der Waals surface area contributed by atoms with Gasteiger partial charge in [-0.15, -0.1) is 0 Å². The maximum atomic E-state index is 13.6. The van der Waals surface area contributed by atoms with Crippen LogP contribution in [0.3, 0.4) is 0 Å². The minimum absolute atomic E-state index is 0.0208. The van der Waals surface area contributed by atoms with Gasteiger partial charge in [0.25, 0.3) is 5.91 Å². The van der Waals surface area contributed by atoms with Crippen LogP contribution in [0.1, 0.15) is 52.1 Å². The van der Waals surface area contributed by atoms with Gasteiger partial charge in [-0.25, -0.2) is 4.98 Å². The van der Waals surface area contributed by atoms with Crippen LogP contribution in [0.15, 0.2) is 53.2 Å². The number of aromatic nitrogens is 5. The zero-order valence-electron chi connectivity index (χ0n) is 29.3. The highest BCUT2D eigenvalue weighted by Crippen LogP contribution is 2.41. The van der Waals surface area contributed by atoms with Crippen LogP contribution in [0.2, 0.25) is 10.0 Å². The average Bonchev–Trinajstić information content (AvgIpc) is 3.86. The molecule has 3 amide bonds. The lowest BCUT2D eigenvalue weighted by Crippen LogP contribution is -2.37. The van der Waals surface area contributed by atoms with Crippen molar-refractivity contribution in [2.24, 2.45) is 7.05 Å². The van der Waals surface area contributed by atoms with E-state index in [2.05, 4.69) is 36.1 Å². The Morgan fingerprint density at radius 2 is 1.92 bits per heavy atom. The van der Waals surface area contributed by atoms with Crippen molar-refractivity contribution in [1.29, 1.82) is 0 Å². The number of fused-ring (bicyclic) bond motifs is 1. The van der Waals surface area contributed by atoms with Gasteiger partial charge < -0.3 is 34.7 Å². The Balaban J connectivity index is 1.06. The first-order valence-electron chi connectivity index (χ1n) is 17.1. The van der Waals surface area contributed by atoms with Crippen molar-refractivity contribution in [3.8, 4) is 28.1 Å². The second-order valence-electron chi connectivity index (χ2n) is 13.0. The molecule has 0 aliphatic carbocycles. The fourth-order valence-electron chi connectivity index (χ4n) is 6.72. The Kier molecular flexibility index (Phi) is 10.4. The van der Waals surface area contributed by atoms with E-state index in [1.165, 1.54) is 0 Å². The first kappa shape index (κ1) is 36.1. The number of methoxy groups -OCH3 is 1. The number of hydrogen-bond acceptors (Lipinski definition) is 10. The second kappa shape index (κ2) is 15.3. The molecule has 53 heavy (non-hydrogen) atoms. The maximum absolute atomic E-state index is 13.6. The molecular formula is C37H37Cl2N9O5. The number of amides is 3. The van der Waals surface area contributed by atoms with Crippen molar-refractivity contribution in [3.63, 3.8) is 0 Å². The summed E-state index contributed by atoms with van der Waals surface area (Å²) >= 11 is 14.0. The summed E-state index contributed by atoms with van der Waals surface area (Å²) in [6, 6.07) is 13.0. The number of halogens is 2. The molecule has 14 nitrogen and oxygen atoms in total. The van der Waals surface area contributed by atoms with Gasteiger partial charge in [0.2, 0.25) is 17.7 Å². The first-order chi connectivity index (χ1) is 25.6. The van der Waals surface area contributed by atoms with E-state index in [9.17, 15) is 14.4 Å². The predicted octanol–water partition coefficient (Wildman–Crippen LogP) is 4.90. The number of carbonyl (C=O) groups excluding carboxylic acids is 3. The van der Waals surface area contributed by atoms with Crippen molar-refractivity contribution in [2.75, 3.05) is 25.5 Å². The molecule has 0 saturated carbocycles. The number of ether oxygens (including phenoxy) is 1. The molecule has 274 valence electrons. The van der Waals surface area contributed by atoms with Gasteiger partial charge in [-0.2, -0.15) is 4.98 Å². The lowest BCUT2D eigenvalue weighted by atomic mass is 10.0. The molecule has 1 atom stereocenters. The third-order valence-corrected chi connectivity index (χ3v) is 10.3. The first-order valence-corrected chi connectivity index (χ1v) is 17.9. The molecule has 1 saturated heterocycles. The number of nitrogens with zero attached hydrogens (tertiary/aromatic N) is 6. The van der Waals surface area contributed by atoms with Crippen molar-refractivity contribution >= 4 is 46.6 Å². The molecule has 5 aromatic rings. The molecule has 0 spiro atoms. The standard InChI is InChI=1S/C37H37Cl2N9O5/c1-20-42-30(46-53-20)16-32(50)48-14-12-28-27(19-48)44-36(47(28)2)37(51)45-26-6-4-5-24(33(26)38)25-11-13-41-35(34(25)39)21-7-8-22(29(15-21)52-3)17-40-18-23-9-10-31(49)43-23/h4-8,11,13,15,23,40H,9-10,12,14,16-19H2,1-3H3,(H,43,49)(H,45,51). The number of imidazole rings is 1. The molecule has 2 aliphatic heterocycles. The van der Waals surface area contributed by atoms with Crippen molar-refractivity contribution in [3.05, 3.63) is 93.2 Å². The summed E-state index contributed by atoms with van der Waals surface area (Å²) in [6.45, 7) is 3.64. The van der Waals surface area contributed by atoms with E-state index in [4.69, 9.17) is 32.5 Å². The van der Waals surface area contributed by atoms with E-state index >= 15 is 0 Å². The van der Waals surface area contributed by atoms with Gasteiger partial charge >= 0.3 is 0 Å². The van der Waals surface area contributed by atoms with Gasteiger partial charge in [0.15, 0.2) is 11.6 Å². The molecule has 1 unspecified atom stereocenters. The third kappa shape index (κ3) is 7.61. The molecule has 5 heterocycles. The highest BCUT2D eigenvalue weighted by atomic mass is 35.5. The summed E-state index contributed by atoms with van der Waals surface area (Å²) in [6.07, 6.45) is 3.60. The number of rotatable bonds is 11. The van der Waals surface area contributed by atoms with Gasteiger partial charge in [0, 0.05) is 86.6 Å². The van der Waals surface area contributed by atoms with Crippen molar-refractivity contribution in [1.82, 2.24) is 40.2 Å². The Morgan fingerprint density at radius 3 is 2.68 bits per heavy atom. The highest BCUT2D eigenvalue weighted by Gasteiger charge is 2.29. The smallest absolute Gasteiger partial charge is 0.291 e. The minimum atomic E-state index is -0.447. The number of carbonyl (C=O) groups is 3. The molecule has 16 heteroatoms. The number of pyridine rings is 1. The molecule has 2 aromatic carbocycles. The van der Waals surface area contributed by atoms with Crippen LogP contribution in [-0.2, 0) is 42.6 Å². The molecule has 2 aliphatic rings. The lowest BCUT2D eigenvalue weighted by Gasteiger charge is -2.26. The van der Waals surface area contributed by atoms with Crippen LogP contribution in [0.25, 0.3) is 22.4 Å². The summed E-state index contributed by atoms with van der Waals surface area (Å²) in [5.41, 5.74) is 5.40. The molecular weight excluding hydrogens is 721 g/mol. The number of aryl methyl sites for hydroxylation is 1. The van der Waals surface area contributed by atoms with Gasteiger partial charge in [-0.1, -0.05) is 52.6 Å². The zero-order chi connectivity index (χ0) is 37.2. The van der Waals surface area contributed by atoms with Gasteiger partial charge in [0.05, 0.1) is 47.2 Å². The highest BCUT2D eigenvalue weighted by molar-refractivity contribution is 6.39. The fraction of sp³-hybridized carbons (Fsp3) is 0.324. The van der Waals surface area contributed by atoms with Crippen LogP contribution < -0.4 is 20.7 Å². The molecule has 0 radical (unpaired) electrons. The molecule has 0 bridgehead atoms. The molecule has 3 aromatic heterocycles. The van der Waals surface area contributed by atoms with Crippen LogP contribution >= 0.6 is 23.2 Å². The van der Waals surface area contributed by atoms with Crippen LogP contribution in [0, 0.1) is 6.92 Å². The summed E-state index contributed by atoms with van der Waals surface area (Å²) < 4.78 is 12.4. The van der Waals surface area contributed by atoms with Crippen LogP contribution in [-0.4, -0.2) is 73.5 Å². The van der Waals surface area contributed by atoms with Gasteiger partial charge in [-0.05, 0) is 24.6 Å².